The summed E-state index contributed by atoms with van der Waals surface area (Å²) < 4.78 is 6.06. The predicted molar refractivity (Wildman–Crippen MR) is 90.8 cm³/mol. The SMILES string of the molecule is CC1(OCCN2CCCCC2=O)C=CC(c2ccccn2)=CC1. The van der Waals surface area contributed by atoms with Gasteiger partial charge in [0.2, 0.25) is 5.91 Å². The Labute approximate surface area is 137 Å². The maximum atomic E-state index is 11.8. The first-order valence-corrected chi connectivity index (χ1v) is 8.39. The molecular formula is C19H24N2O2. The molecule has 0 N–H and O–H groups in total. The molecule has 4 heteroatoms. The highest BCUT2D eigenvalue weighted by Gasteiger charge is 2.25. The van der Waals surface area contributed by atoms with E-state index < -0.39 is 0 Å². The fraction of sp³-hybridized carbons (Fsp3) is 0.474. The summed E-state index contributed by atoms with van der Waals surface area (Å²) >= 11 is 0. The number of rotatable bonds is 5. The summed E-state index contributed by atoms with van der Waals surface area (Å²) in [6.07, 6.45) is 11.8. The van der Waals surface area contributed by atoms with Crippen molar-refractivity contribution >= 4 is 11.5 Å². The molecule has 1 aliphatic carbocycles. The standard InChI is InChI=1S/C19H24N2O2/c1-19(23-15-14-21-13-5-3-7-18(21)22)10-8-16(9-11-19)17-6-2-4-12-20-17/h2,4,6,8-10,12H,3,5,7,11,13-15H2,1H3. The highest BCUT2D eigenvalue weighted by molar-refractivity contribution is 5.76. The molecule has 1 amide bonds. The van der Waals surface area contributed by atoms with Gasteiger partial charge < -0.3 is 9.64 Å². The molecule has 0 spiro atoms. The molecule has 0 radical (unpaired) electrons. The molecule has 1 fully saturated rings. The van der Waals surface area contributed by atoms with Gasteiger partial charge in [0, 0.05) is 25.7 Å². The highest BCUT2D eigenvalue weighted by Crippen LogP contribution is 2.28. The average Bonchev–Trinajstić information content (AvgIpc) is 2.58. The molecule has 0 bridgehead atoms. The third-order valence-electron chi connectivity index (χ3n) is 4.52. The zero-order valence-electron chi connectivity index (χ0n) is 13.7. The molecule has 3 rings (SSSR count). The largest absolute Gasteiger partial charge is 0.369 e. The Kier molecular flexibility index (Phi) is 4.91. The Morgan fingerprint density at radius 3 is 2.96 bits per heavy atom. The van der Waals surface area contributed by atoms with Gasteiger partial charge in [-0.3, -0.25) is 9.78 Å². The van der Waals surface area contributed by atoms with Crippen molar-refractivity contribution in [3.63, 3.8) is 0 Å². The van der Waals surface area contributed by atoms with Crippen LogP contribution in [0.3, 0.4) is 0 Å². The molecule has 1 saturated heterocycles. The maximum Gasteiger partial charge on any atom is 0.222 e. The van der Waals surface area contributed by atoms with Gasteiger partial charge in [0.15, 0.2) is 0 Å². The Morgan fingerprint density at radius 2 is 2.26 bits per heavy atom. The zero-order valence-corrected chi connectivity index (χ0v) is 13.7. The molecule has 1 aliphatic heterocycles. The number of likely N-dealkylation sites (tertiary alicyclic amines) is 1. The number of pyridine rings is 1. The number of piperidine rings is 1. The number of hydrogen-bond acceptors (Lipinski definition) is 3. The molecule has 122 valence electrons. The van der Waals surface area contributed by atoms with Crippen molar-refractivity contribution in [3.05, 3.63) is 48.3 Å². The summed E-state index contributed by atoms with van der Waals surface area (Å²) in [4.78, 5) is 18.1. The second-order valence-electron chi connectivity index (χ2n) is 6.41. The van der Waals surface area contributed by atoms with Crippen LogP contribution >= 0.6 is 0 Å². The molecule has 0 aromatic carbocycles. The summed E-state index contributed by atoms with van der Waals surface area (Å²) in [7, 11) is 0. The second kappa shape index (κ2) is 7.09. The Bertz CT molecular complexity index is 609. The summed E-state index contributed by atoms with van der Waals surface area (Å²) in [5, 5.41) is 0. The molecule has 1 aromatic rings. The highest BCUT2D eigenvalue weighted by atomic mass is 16.5. The number of hydrogen-bond donors (Lipinski definition) is 0. The van der Waals surface area contributed by atoms with Gasteiger partial charge in [-0.2, -0.15) is 0 Å². The normalized spacial score (nSPS) is 24.7. The van der Waals surface area contributed by atoms with E-state index in [1.54, 1.807) is 0 Å². The number of carbonyl (C=O) groups is 1. The van der Waals surface area contributed by atoms with Crippen LogP contribution in [-0.4, -0.2) is 41.1 Å². The first kappa shape index (κ1) is 15.9. The van der Waals surface area contributed by atoms with E-state index in [1.165, 1.54) is 0 Å². The van der Waals surface area contributed by atoms with Crippen LogP contribution in [0.2, 0.25) is 0 Å². The molecule has 0 saturated carbocycles. The minimum atomic E-state index is -0.295. The Balaban J connectivity index is 1.51. The van der Waals surface area contributed by atoms with E-state index in [-0.39, 0.29) is 11.5 Å². The van der Waals surface area contributed by atoms with E-state index in [0.29, 0.717) is 19.6 Å². The molecule has 1 atom stereocenters. The summed E-state index contributed by atoms with van der Waals surface area (Å²) in [5.41, 5.74) is 1.83. The van der Waals surface area contributed by atoms with Crippen molar-refractivity contribution in [3.8, 4) is 0 Å². The summed E-state index contributed by atoms with van der Waals surface area (Å²) in [6, 6.07) is 5.93. The number of amides is 1. The zero-order chi connectivity index (χ0) is 16.1. The summed E-state index contributed by atoms with van der Waals surface area (Å²) in [5.74, 6) is 0.265. The van der Waals surface area contributed by atoms with Crippen LogP contribution in [-0.2, 0) is 9.53 Å². The van der Waals surface area contributed by atoms with E-state index in [4.69, 9.17) is 4.74 Å². The van der Waals surface area contributed by atoms with Crippen LogP contribution in [0, 0.1) is 0 Å². The van der Waals surface area contributed by atoms with Gasteiger partial charge in [0.1, 0.15) is 0 Å². The number of ether oxygens (including phenoxy) is 1. The van der Waals surface area contributed by atoms with Crippen molar-refractivity contribution < 1.29 is 9.53 Å². The second-order valence-corrected chi connectivity index (χ2v) is 6.41. The average molecular weight is 312 g/mol. The van der Waals surface area contributed by atoms with Crippen LogP contribution in [0.15, 0.2) is 42.6 Å². The van der Waals surface area contributed by atoms with Gasteiger partial charge in [-0.05, 0) is 43.9 Å². The summed E-state index contributed by atoms with van der Waals surface area (Å²) in [6.45, 7) is 4.24. The smallest absolute Gasteiger partial charge is 0.222 e. The van der Waals surface area contributed by atoms with Crippen molar-refractivity contribution in [2.45, 2.75) is 38.2 Å². The van der Waals surface area contributed by atoms with E-state index in [2.05, 4.69) is 30.1 Å². The Morgan fingerprint density at radius 1 is 1.35 bits per heavy atom. The third-order valence-corrected chi connectivity index (χ3v) is 4.52. The van der Waals surface area contributed by atoms with Gasteiger partial charge in [0.05, 0.1) is 17.9 Å². The molecule has 23 heavy (non-hydrogen) atoms. The van der Waals surface area contributed by atoms with Crippen LogP contribution in [0.5, 0.6) is 0 Å². The first-order chi connectivity index (χ1) is 11.2. The topological polar surface area (TPSA) is 42.4 Å². The van der Waals surface area contributed by atoms with Crippen LogP contribution < -0.4 is 0 Å². The van der Waals surface area contributed by atoms with E-state index in [9.17, 15) is 4.79 Å². The lowest BCUT2D eigenvalue weighted by atomic mass is 9.92. The van der Waals surface area contributed by atoms with Gasteiger partial charge >= 0.3 is 0 Å². The minimum Gasteiger partial charge on any atom is -0.369 e. The number of carbonyl (C=O) groups excluding carboxylic acids is 1. The van der Waals surface area contributed by atoms with Gasteiger partial charge in [-0.25, -0.2) is 0 Å². The number of allylic oxidation sites excluding steroid dienone is 2. The minimum absolute atomic E-state index is 0.265. The molecule has 2 heterocycles. The Hall–Kier alpha value is -1.94. The van der Waals surface area contributed by atoms with Gasteiger partial charge in [-0.15, -0.1) is 0 Å². The maximum absolute atomic E-state index is 11.8. The van der Waals surface area contributed by atoms with Crippen molar-refractivity contribution in [2.75, 3.05) is 19.7 Å². The molecule has 4 nitrogen and oxygen atoms in total. The third kappa shape index (κ3) is 4.08. The quantitative estimate of drug-likeness (QED) is 0.838. The molecule has 1 unspecified atom stereocenters. The van der Waals surface area contributed by atoms with Crippen molar-refractivity contribution in [2.24, 2.45) is 0 Å². The van der Waals surface area contributed by atoms with E-state index >= 15 is 0 Å². The lowest BCUT2D eigenvalue weighted by Gasteiger charge is -2.31. The van der Waals surface area contributed by atoms with E-state index in [1.807, 2.05) is 29.3 Å². The lowest BCUT2D eigenvalue weighted by Crippen LogP contribution is -2.39. The van der Waals surface area contributed by atoms with Crippen LogP contribution in [0.25, 0.3) is 5.57 Å². The lowest BCUT2D eigenvalue weighted by molar-refractivity contribution is -0.134. The van der Waals surface area contributed by atoms with Crippen LogP contribution in [0.1, 0.15) is 38.3 Å². The van der Waals surface area contributed by atoms with Gasteiger partial charge in [0.25, 0.3) is 0 Å². The first-order valence-electron chi connectivity index (χ1n) is 8.39. The van der Waals surface area contributed by atoms with Crippen molar-refractivity contribution in [1.29, 1.82) is 0 Å². The number of nitrogens with zero attached hydrogens (tertiary/aromatic N) is 2. The van der Waals surface area contributed by atoms with Crippen molar-refractivity contribution in [1.82, 2.24) is 9.88 Å². The van der Waals surface area contributed by atoms with Crippen LogP contribution in [0.4, 0.5) is 0 Å². The molecule has 2 aliphatic rings. The monoisotopic (exact) mass is 312 g/mol. The fourth-order valence-electron chi connectivity index (χ4n) is 3.03. The fourth-order valence-corrected chi connectivity index (χ4v) is 3.03. The van der Waals surface area contributed by atoms with E-state index in [0.717, 1.165) is 37.1 Å². The van der Waals surface area contributed by atoms with Gasteiger partial charge in [-0.1, -0.05) is 24.3 Å². The molecule has 1 aromatic heterocycles. The molecular weight excluding hydrogens is 288 g/mol. The predicted octanol–water partition coefficient (Wildman–Crippen LogP) is 3.21. The number of aromatic nitrogens is 1.